The highest BCUT2D eigenvalue weighted by Gasteiger charge is 2.42. The molecule has 0 radical (unpaired) electrons. The largest absolute Gasteiger partial charge is 0.384 e. The van der Waals surface area contributed by atoms with Crippen LogP contribution in [0.1, 0.15) is 56.1 Å². The summed E-state index contributed by atoms with van der Waals surface area (Å²) in [6.07, 6.45) is 7.53. The Bertz CT molecular complexity index is 603. The molecule has 1 heterocycles. The first-order chi connectivity index (χ1) is 12.6. The third-order valence-corrected chi connectivity index (χ3v) is 6.45. The maximum atomic E-state index is 13.5. The molecule has 1 amide bonds. The van der Waals surface area contributed by atoms with Gasteiger partial charge >= 0.3 is 0 Å². The lowest BCUT2D eigenvalue weighted by Gasteiger charge is -2.40. The third-order valence-electron chi connectivity index (χ3n) is 6.45. The van der Waals surface area contributed by atoms with Crippen LogP contribution in [0.2, 0.25) is 0 Å². The van der Waals surface area contributed by atoms with Crippen LogP contribution in [-0.2, 0) is 14.9 Å². The van der Waals surface area contributed by atoms with E-state index in [-0.39, 0.29) is 29.1 Å². The Balaban J connectivity index is 0.00000261. The van der Waals surface area contributed by atoms with Crippen molar-refractivity contribution in [2.75, 3.05) is 33.4 Å². The minimum absolute atomic E-state index is 0. The average Bonchev–Trinajstić information content (AvgIpc) is 2.68. The van der Waals surface area contributed by atoms with Crippen molar-refractivity contribution >= 4 is 18.3 Å². The second kappa shape index (κ2) is 9.90. The van der Waals surface area contributed by atoms with E-state index < -0.39 is 0 Å². The number of aryl methyl sites for hydroxylation is 1. The molecule has 1 saturated heterocycles. The minimum Gasteiger partial charge on any atom is -0.384 e. The van der Waals surface area contributed by atoms with Gasteiger partial charge in [0.2, 0.25) is 5.91 Å². The molecule has 1 aromatic carbocycles. The van der Waals surface area contributed by atoms with Gasteiger partial charge in [-0.15, -0.1) is 12.4 Å². The van der Waals surface area contributed by atoms with Crippen molar-refractivity contribution < 1.29 is 9.53 Å². The summed E-state index contributed by atoms with van der Waals surface area (Å²) in [6, 6.07) is 8.56. The van der Waals surface area contributed by atoms with Gasteiger partial charge in [-0.25, -0.2) is 0 Å². The van der Waals surface area contributed by atoms with Crippen molar-refractivity contribution in [2.24, 2.45) is 5.41 Å². The SMILES string of the molecule is COCC1(CNC(=O)C2(c3cccc(C)c3)CCCCC2)CCNCC1.Cl. The maximum absolute atomic E-state index is 13.5. The van der Waals surface area contributed by atoms with Gasteiger partial charge in [-0.2, -0.15) is 0 Å². The van der Waals surface area contributed by atoms with Gasteiger partial charge < -0.3 is 15.4 Å². The molecule has 152 valence electrons. The highest BCUT2D eigenvalue weighted by atomic mass is 35.5. The number of piperidine rings is 1. The lowest BCUT2D eigenvalue weighted by Crippen LogP contribution is -2.52. The van der Waals surface area contributed by atoms with Crippen LogP contribution in [-0.4, -0.2) is 39.3 Å². The standard InChI is InChI=1S/C22H34N2O2.ClH/c1-18-7-6-8-19(15-18)22(9-4-3-5-10-22)20(25)24-16-21(17-26-2)11-13-23-14-12-21;/h6-8,15,23H,3-5,9-14,16-17H2,1-2H3,(H,24,25);1H. The van der Waals surface area contributed by atoms with Gasteiger partial charge in [0.1, 0.15) is 0 Å². The summed E-state index contributed by atoms with van der Waals surface area (Å²) < 4.78 is 5.51. The Morgan fingerprint density at radius 1 is 1.15 bits per heavy atom. The second-order valence-corrected chi connectivity index (χ2v) is 8.38. The summed E-state index contributed by atoms with van der Waals surface area (Å²) in [5, 5.41) is 6.78. The first-order valence-electron chi connectivity index (χ1n) is 10.2. The van der Waals surface area contributed by atoms with Gasteiger partial charge in [0.05, 0.1) is 12.0 Å². The third kappa shape index (κ3) is 5.04. The van der Waals surface area contributed by atoms with E-state index in [1.54, 1.807) is 7.11 Å². The van der Waals surface area contributed by atoms with Crippen LogP contribution >= 0.6 is 12.4 Å². The van der Waals surface area contributed by atoms with E-state index in [0.717, 1.165) is 58.2 Å². The summed E-state index contributed by atoms with van der Waals surface area (Å²) in [5.41, 5.74) is 2.14. The number of halogens is 1. The van der Waals surface area contributed by atoms with E-state index in [1.807, 2.05) is 0 Å². The quantitative estimate of drug-likeness (QED) is 0.772. The number of hydrogen-bond donors (Lipinski definition) is 2. The number of hydrogen-bond acceptors (Lipinski definition) is 3. The Hall–Kier alpha value is -1.10. The van der Waals surface area contributed by atoms with Crippen molar-refractivity contribution in [2.45, 2.75) is 57.3 Å². The van der Waals surface area contributed by atoms with Gasteiger partial charge in [0.25, 0.3) is 0 Å². The Morgan fingerprint density at radius 2 is 1.85 bits per heavy atom. The van der Waals surface area contributed by atoms with Gasteiger partial charge in [-0.1, -0.05) is 49.1 Å². The first kappa shape index (κ1) is 22.2. The fourth-order valence-corrected chi connectivity index (χ4v) is 4.82. The van der Waals surface area contributed by atoms with Crippen LogP contribution in [0.15, 0.2) is 24.3 Å². The fraction of sp³-hybridized carbons (Fsp3) is 0.682. The highest BCUT2D eigenvalue weighted by molar-refractivity contribution is 5.88. The van der Waals surface area contributed by atoms with E-state index >= 15 is 0 Å². The molecule has 2 aliphatic rings. The van der Waals surface area contributed by atoms with Crippen molar-refractivity contribution in [3.8, 4) is 0 Å². The Morgan fingerprint density at radius 3 is 2.48 bits per heavy atom. The Labute approximate surface area is 170 Å². The predicted molar refractivity (Wildman–Crippen MR) is 113 cm³/mol. The van der Waals surface area contributed by atoms with E-state index in [0.29, 0.717) is 6.61 Å². The number of carbonyl (C=O) groups excluding carboxylic acids is 1. The van der Waals surface area contributed by atoms with E-state index in [2.05, 4.69) is 41.8 Å². The van der Waals surface area contributed by atoms with Gasteiger partial charge in [0.15, 0.2) is 0 Å². The number of methoxy groups -OCH3 is 1. The molecule has 3 rings (SSSR count). The van der Waals surface area contributed by atoms with Crippen LogP contribution in [0.5, 0.6) is 0 Å². The van der Waals surface area contributed by atoms with E-state index in [1.165, 1.54) is 17.5 Å². The number of benzene rings is 1. The van der Waals surface area contributed by atoms with Crippen molar-refractivity contribution in [3.63, 3.8) is 0 Å². The number of carbonyl (C=O) groups is 1. The molecule has 1 saturated carbocycles. The molecular weight excluding hydrogens is 360 g/mol. The van der Waals surface area contributed by atoms with Crippen molar-refractivity contribution in [1.82, 2.24) is 10.6 Å². The number of rotatable bonds is 6. The van der Waals surface area contributed by atoms with Crippen LogP contribution in [0, 0.1) is 12.3 Å². The molecule has 27 heavy (non-hydrogen) atoms. The zero-order valence-corrected chi connectivity index (χ0v) is 17.6. The molecule has 1 aliphatic carbocycles. The topological polar surface area (TPSA) is 50.4 Å². The smallest absolute Gasteiger partial charge is 0.230 e. The summed E-state index contributed by atoms with van der Waals surface area (Å²) in [4.78, 5) is 13.5. The van der Waals surface area contributed by atoms with Gasteiger partial charge in [0, 0.05) is 19.1 Å². The average molecular weight is 395 g/mol. The van der Waals surface area contributed by atoms with Gasteiger partial charge in [-0.05, 0) is 51.3 Å². The summed E-state index contributed by atoms with van der Waals surface area (Å²) in [6.45, 7) is 5.55. The normalized spacial score (nSPS) is 21.1. The maximum Gasteiger partial charge on any atom is 0.230 e. The number of nitrogens with one attached hydrogen (secondary N) is 2. The molecule has 4 nitrogen and oxygen atoms in total. The summed E-state index contributed by atoms with van der Waals surface area (Å²) >= 11 is 0. The highest BCUT2D eigenvalue weighted by Crippen LogP contribution is 2.40. The molecule has 0 unspecified atom stereocenters. The van der Waals surface area contributed by atoms with Crippen LogP contribution in [0.4, 0.5) is 0 Å². The molecule has 2 N–H and O–H groups in total. The van der Waals surface area contributed by atoms with Crippen LogP contribution < -0.4 is 10.6 Å². The van der Waals surface area contributed by atoms with Crippen molar-refractivity contribution in [3.05, 3.63) is 35.4 Å². The van der Waals surface area contributed by atoms with Crippen LogP contribution in [0.3, 0.4) is 0 Å². The molecular formula is C22H35ClN2O2. The number of amides is 1. The summed E-state index contributed by atoms with van der Waals surface area (Å²) in [5.74, 6) is 0.219. The molecule has 1 aromatic rings. The second-order valence-electron chi connectivity index (χ2n) is 8.38. The number of ether oxygens (including phenoxy) is 1. The molecule has 0 atom stereocenters. The lowest BCUT2D eigenvalue weighted by atomic mass is 9.68. The van der Waals surface area contributed by atoms with E-state index in [9.17, 15) is 4.79 Å². The minimum atomic E-state index is -0.356. The first-order valence-corrected chi connectivity index (χ1v) is 10.2. The monoisotopic (exact) mass is 394 g/mol. The lowest BCUT2D eigenvalue weighted by molar-refractivity contribution is -0.129. The molecule has 2 fully saturated rings. The zero-order valence-electron chi connectivity index (χ0n) is 16.8. The van der Waals surface area contributed by atoms with Crippen molar-refractivity contribution in [1.29, 1.82) is 0 Å². The molecule has 1 aliphatic heterocycles. The predicted octanol–water partition coefficient (Wildman–Crippen LogP) is 3.75. The Kier molecular flexibility index (Phi) is 8.14. The molecule has 0 spiro atoms. The molecule has 0 bridgehead atoms. The molecule has 0 aromatic heterocycles. The fourth-order valence-electron chi connectivity index (χ4n) is 4.82. The van der Waals surface area contributed by atoms with Crippen LogP contribution in [0.25, 0.3) is 0 Å². The van der Waals surface area contributed by atoms with Gasteiger partial charge in [-0.3, -0.25) is 4.79 Å². The zero-order chi connectivity index (χ0) is 18.5. The summed E-state index contributed by atoms with van der Waals surface area (Å²) in [7, 11) is 1.76. The molecule has 5 heteroatoms. The van der Waals surface area contributed by atoms with E-state index in [4.69, 9.17) is 4.74 Å².